The third-order valence-electron chi connectivity index (χ3n) is 3.09. The molecule has 0 aromatic carbocycles. The van der Waals surface area contributed by atoms with Crippen molar-refractivity contribution in [2.24, 2.45) is 5.92 Å². The van der Waals surface area contributed by atoms with Gasteiger partial charge in [0, 0.05) is 12.8 Å². The molecule has 1 atom stereocenters. The molecule has 0 aromatic heterocycles. The number of allylic oxidation sites excluding steroid dienone is 3. The Morgan fingerprint density at radius 2 is 2.22 bits per heavy atom. The van der Waals surface area contributed by atoms with Gasteiger partial charge in [-0.3, -0.25) is 4.79 Å². The second-order valence-electron chi connectivity index (χ2n) is 4.48. The van der Waals surface area contributed by atoms with Crippen molar-refractivity contribution >= 4 is 43.6 Å². The largest absolute Gasteiger partial charge is 0.467 e. The number of hydrogen-bond acceptors (Lipinski definition) is 3. The van der Waals surface area contributed by atoms with E-state index in [1.54, 1.807) is 0 Å². The average Bonchev–Trinajstić information content (AvgIpc) is 2.30. The predicted octanol–water partition coefficient (Wildman–Crippen LogP) is 3.52. The molecule has 3 nitrogen and oxygen atoms in total. The van der Waals surface area contributed by atoms with Crippen LogP contribution >= 0.6 is 31.9 Å². The highest BCUT2D eigenvalue weighted by Gasteiger charge is 2.36. The molecule has 0 heterocycles. The Morgan fingerprint density at radius 1 is 1.61 bits per heavy atom. The number of carbonyl (C=O) groups excluding carboxylic acids is 2. The molecule has 0 N–H and O–H groups in total. The fraction of sp³-hybridized carbons (Fsp3) is 0.538. The Kier molecular flexibility index (Phi) is 5.34. The van der Waals surface area contributed by atoms with Crippen molar-refractivity contribution in [2.45, 2.75) is 29.4 Å². The van der Waals surface area contributed by atoms with Crippen molar-refractivity contribution in [1.29, 1.82) is 0 Å². The van der Waals surface area contributed by atoms with Gasteiger partial charge in [-0.05, 0) is 24.8 Å². The van der Waals surface area contributed by atoms with Gasteiger partial charge in [0.2, 0.25) is 0 Å². The van der Waals surface area contributed by atoms with Crippen LogP contribution < -0.4 is 0 Å². The van der Waals surface area contributed by atoms with Crippen molar-refractivity contribution in [2.75, 3.05) is 7.11 Å². The molecule has 1 aliphatic rings. The molecule has 1 aliphatic carbocycles. The molecule has 0 saturated carbocycles. The maximum Gasteiger partial charge on any atom is 0.333 e. The minimum Gasteiger partial charge on any atom is -0.467 e. The van der Waals surface area contributed by atoms with Crippen LogP contribution in [0.2, 0.25) is 0 Å². The highest BCUT2D eigenvalue weighted by molar-refractivity contribution is 9.25. The molecular formula is C13H16Br2O3. The van der Waals surface area contributed by atoms with E-state index in [9.17, 15) is 9.59 Å². The molecule has 0 aromatic rings. The van der Waals surface area contributed by atoms with Crippen molar-refractivity contribution < 1.29 is 14.3 Å². The Hall–Kier alpha value is -0.420. The lowest BCUT2D eigenvalue weighted by Gasteiger charge is -2.25. The summed E-state index contributed by atoms with van der Waals surface area (Å²) in [5.41, 5.74) is 1.68. The summed E-state index contributed by atoms with van der Waals surface area (Å²) in [5.74, 6) is -0.155. The number of alkyl halides is 2. The van der Waals surface area contributed by atoms with E-state index >= 15 is 0 Å². The smallest absolute Gasteiger partial charge is 0.333 e. The summed E-state index contributed by atoms with van der Waals surface area (Å²) in [7, 11) is 1.33. The molecule has 1 rings (SSSR count). The van der Waals surface area contributed by atoms with Gasteiger partial charge in [-0.1, -0.05) is 50.1 Å². The minimum absolute atomic E-state index is 0.0975. The molecule has 18 heavy (non-hydrogen) atoms. The zero-order valence-electron chi connectivity index (χ0n) is 10.5. The van der Waals surface area contributed by atoms with E-state index in [2.05, 4.69) is 43.2 Å². The van der Waals surface area contributed by atoms with E-state index in [-0.39, 0.29) is 11.7 Å². The molecule has 0 bridgehead atoms. The normalized spacial score (nSPS) is 20.3. The fourth-order valence-corrected chi connectivity index (χ4v) is 2.91. The van der Waals surface area contributed by atoms with Crippen LogP contribution in [0.1, 0.15) is 26.2 Å². The van der Waals surface area contributed by atoms with E-state index in [1.165, 1.54) is 7.11 Å². The average molecular weight is 380 g/mol. The Bertz CT molecular complexity index is 410. The first-order chi connectivity index (χ1) is 8.27. The Morgan fingerprint density at radius 3 is 2.72 bits per heavy atom. The summed E-state index contributed by atoms with van der Waals surface area (Å²) in [4.78, 5) is 23.2. The van der Waals surface area contributed by atoms with Gasteiger partial charge in [0.1, 0.15) is 0 Å². The number of methoxy groups -OCH3 is 1. The first kappa shape index (κ1) is 15.6. The zero-order chi connectivity index (χ0) is 13.9. The maximum atomic E-state index is 11.6. The number of carbonyl (C=O) groups is 2. The summed E-state index contributed by atoms with van der Waals surface area (Å²) < 4.78 is 3.74. The van der Waals surface area contributed by atoms with Crippen LogP contribution in [0.3, 0.4) is 0 Å². The van der Waals surface area contributed by atoms with Crippen LogP contribution in [-0.2, 0) is 14.3 Å². The van der Waals surface area contributed by atoms with Gasteiger partial charge in [0.25, 0.3) is 0 Å². The first-order valence-electron chi connectivity index (χ1n) is 5.61. The number of ketones is 1. The zero-order valence-corrected chi connectivity index (χ0v) is 13.6. The van der Waals surface area contributed by atoms with Crippen LogP contribution in [0, 0.1) is 5.92 Å². The number of ether oxygens (including phenoxy) is 1. The van der Waals surface area contributed by atoms with Crippen LogP contribution in [0.15, 0.2) is 23.8 Å². The number of Topliss-reactive ketones (excluding diaryl/α,β-unsaturated/α-hetero) is 1. The van der Waals surface area contributed by atoms with Crippen LogP contribution in [0.25, 0.3) is 0 Å². The number of hydrogen-bond donors (Lipinski definition) is 0. The number of esters is 1. The van der Waals surface area contributed by atoms with E-state index in [0.29, 0.717) is 12.8 Å². The SMILES string of the molecule is C=C(CC(Br)(Br)C(=O)OC)[C@@H]1CC=C(C)C(=O)C1. The third kappa shape index (κ3) is 3.79. The molecule has 100 valence electrons. The summed E-state index contributed by atoms with van der Waals surface area (Å²) >= 11 is 6.57. The summed E-state index contributed by atoms with van der Waals surface area (Å²) in [5, 5.41) is 0. The standard InChI is InChI=1S/C13H16Br2O3/c1-8-4-5-10(6-11(8)16)9(2)7-13(14,15)12(17)18-3/h4,10H,2,5-7H2,1,3H3/t10-/m1/s1. The summed E-state index contributed by atoms with van der Waals surface area (Å²) in [6.45, 7) is 5.82. The second kappa shape index (κ2) is 6.15. The van der Waals surface area contributed by atoms with Crippen molar-refractivity contribution in [3.63, 3.8) is 0 Å². The maximum absolute atomic E-state index is 11.6. The first-order valence-corrected chi connectivity index (χ1v) is 7.20. The molecule has 0 saturated heterocycles. The lowest BCUT2D eigenvalue weighted by atomic mass is 9.83. The molecule has 0 radical (unpaired) electrons. The molecular weight excluding hydrogens is 364 g/mol. The second-order valence-corrected chi connectivity index (χ2v) is 8.25. The molecule has 0 amide bonds. The van der Waals surface area contributed by atoms with E-state index in [4.69, 9.17) is 0 Å². The van der Waals surface area contributed by atoms with Gasteiger partial charge >= 0.3 is 5.97 Å². The number of halogens is 2. The topological polar surface area (TPSA) is 43.4 Å². The van der Waals surface area contributed by atoms with E-state index in [1.807, 2.05) is 13.0 Å². The van der Waals surface area contributed by atoms with Gasteiger partial charge in [0.05, 0.1) is 7.11 Å². The minimum atomic E-state index is -0.953. The van der Waals surface area contributed by atoms with Crippen LogP contribution in [0.4, 0.5) is 0 Å². The van der Waals surface area contributed by atoms with Crippen molar-refractivity contribution in [1.82, 2.24) is 0 Å². The van der Waals surface area contributed by atoms with Crippen LogP contribution in [-0.4, -0.2) is 22.1 Å². The van der Waals surface area contributed by atoms with Crippen molar-refractivity contribution in [3.05, 3.63) is 23.8 Å². The van der Waals surface area contributed by atoms with E-state index < -0.39 is 9.20 Å². The third-order valence-corrected chi connectivity index (χ3v) is 4.30. The van der Waals surface area contributed by atoms with Gasteiger partial charge in [-0.15, -0.1) is 0 Å². The Labute approximate surface area is 124 Å². The summed E-state index contributed by atoms with van der Waals surface area (Å²) in [6.07, 6.45) is 3.60. The highest BCUT2D eigenvalue weighted by atomic mass is 79.9. The van der Waals surface area contributed by atoms with E-state index in [0.717, 1.165) is 17.6 Å². The van der Waals surface area contributed by atoms with Gasteiger partial charge in [-0.2, -0.15) is 0 Å². The molecule has 0 spiro atoms. The highest BCUT2D eigenvalue weighted by Crippen LogP contribution is 2.38. The molecule has 5 heteroatoms. The lowest BCUT2D eigenvalue weighted by Crippen LogP contribution is -2.28. The quantitative estimate of drug-likeness (QED) is 0.426. The van der Waals surface area contributed by atoms with Crippen LogP contribution in [0.5, 0.6) is 0 Å². The Balaban J connectivity index is 2.68. The van der Waals surface area contributed by atoms with Gasteiger partial charge < -0.3 is 4.74 Å². The number of rotatable bonds is 4. The fourth-order valence-electron chi connectivity index (χ4n) is 1.86. The predicted molar refractivity (Wildman–Crippen MR) is 77.8 cm³/mol. The molecule has 0 unspecified atom stereocenters. The van der Waals surface area contributed by atoms with Gasteiger partial charge in [0.15, 0.2) is 9.02 Å². The molecule has 0 aliphatic heterocycles. The van der Waals surface area contributed by atoms with Crippen molar-refractivity contribution in [3.8, 4) is 0 Å². The lowest BCUT2D eigenvalue weighted by molar-refractivity contribution is -0.140. The molecule has 0 fully saturated rings. The monoisotopic (exact) mass is 378 g/mol. The summed E-state index contributed by atoms with van der Waals surface area (Å²) in [6, 6.07) is 0. The van der Waals surface area contributed by atoms with Gasteiger partial charge in [-0.25, -0.2) is 4.79 Å².